The quantitative estimate of drug-likeness (QED) is 0.658. The SMILES string of the molecule is Nc1cccc(Cl)c1-c1nc2ccc(F)cc2[nH]1. The Bertz CT molecular complexity index is 716. The highest BCUT2D eigenvalue weighted by molar-refractivity contribution is 6.33. The molecule has 1 heterocycles. The molecule has 90 valence electrons. The minimum absolute atomic E-state index is 0.315. The largest absolute Gasteiger partial charge is 0.398 e. The van der Waals surface area contributed by atoms with Crippen molar-refractivity contribution in [2.75, 3.05) is 5.73 Å². The first kappa shape index (κ1) is 11.0. The van der Waals surface area contributed by atoms with Crippen molar-refractivity contribution in [2.45, 2.75) is 0 Å². The summed E-state index contributed by atoms with van der Waals surface area (Å²) in [5.41, 5.74) is 8.34. The molecule has 0 atom stereocenters. The molecule has 0 unspecified atom stereocenters. The van der Waals surface area contributed by atoms with Gasteiger partial charge >= 0.3 is 0 Å². The van der Waals surface area contributed by atoms with Crippen molar-refractivity contribution in [3.63, 3.8) is 0 Å². The van der Waals surface area contributed by atoms with Crippen LogP contribution >= 0.6 is 11.6 Å². The van der Waals surface area contributed by atoms with E-state index in [1.165, 1.54) is 12.1 Å². The van der Waals surface area contributed by atoms with E-state index in [1.807, 2.05) is 0 Å². The molecule has 0 fully saturated rings. The number of imidazole rings is 1. The number of nitrogens with zero attached hydrogens (tertiary/aromatic N) is 1. The topological polar surface area (TPSA) is 54.7 Å². The van der Waals surface area contributed by atoms with Crippen LogP contribution in [0, 0.1) is 5.82 Å². The van der Waals surface area contributed by atoms with E-state index >= 15 is 0 Å². The molecule has 0 aliphatic carbocycles. The Labute approximate surface area is 107 Å². The number of nitrogens with two attached hydrogens (primary N) is 1. The number of H-pyrrole nitrogens is 1. The van der Waals surface area contributed by atoms with Gasteiger partial charge in [-0.05, 0) is 30.3 Å². The standard InChI is InChI=1S/C13H9ClFN3/c14-8-2-1-3-9(16)12(8)13-17-10-5-4-7(15)6-11(10)18-13/h1-6H,16H2,(H,17,18). The normalized spacial score (nSPS) is 11.0. The third-order valence-electron chi connectivity index (χ3n) is 2.73. The summed E-state index contributed by atoms with van der Waals surface area (Å²) in [6.45, 7) is 0. The van der Waals surface area contributed by atoms with E-state index in [-0.39, 0.29) is 5.82 Å². The lowest BCUT2D eigenvalue weighted by molar-refractivity contribution is 0.629. The van der Waals surface area contributed by atoms with Crippen molar-refractivity contribution in [1.29, 1.82) is 0 Å². The highest BCUT2D eigenvalue weighted by Crippen LogP contribution is 2.32. The average molecular weight is 262 g/mol. The lowest BCUT2D eigenvalue weighted by Gasteiger charge is -2.03. The summed E-state index contributed by atoms with van der Waals surface area (Å²) < 4.78 is 13.1. The van der Waals surface area contributed by atoms with Gasteiger partial charge < -0.3 is 10.7 Å². The van der Waals surface area contributed by atoms with Crippen molar-refractivity contribution in [3.8, 4) is 11.4 Å². The van der Waals surface area contributed by atoms with Gasteiger partial charge in [-0.2, -0.15) is 0 Å². The van der Waals surface area contributed by atoms with Crippen LogP contribution in [0.15, 0.2) is 36.4 Å². The van der Waals surface area contributed by atoms with Crippen LogP contribution in [0.25, 0.3) is 22.4 Å². The van der Waals surface area contributed by atoms with E-state index in [1.54, 1.807) is 24.3 Å². The Kier molecular flexibility index (Phi) is 2.45. The number of anilines is 1. The number of fused-ring (bicyclic) bond motifs is 1. The molecule has 0 bridgehead atoms. The third-order valence-corrected chi connectivity index (χ3v) is 3.04. The lowest BCUT2D eigenvalue weighted by atomic mass is 10.2. The minimum atomic E-state index is -0.315. The maximum atomic E-state index is 13.1. The van der Waals surface area contributed by atoms with Crippen LogP contribution in [0.2, 0.25) is 5.02 Å². The molecule has 0 amide bonds. The van der Waals surface area contributed by atoms with Gasteiger partial charge in [0.15, 0.2) is 0 Å². The van der Waals surface area contributed by atoms with Crippen LogP contribution in [-0.2, 0) is 0 Å². The number of hydrogen-bond acceptors (Lipinski definition) is 2. The summed E-state index contributed by atoms with van der Waals surface area (Å²) in [6.07, 6.45) is 0. The first-order chi connectivity index (χ1) is 8.65. The van der Waals surface area contributed by atoms with Crippen LogP contribution in [0.4, 0.5) is 10.1 Å². The molecule has 0 saturated carbocycles. The van der Waals surface area contributed by atoms with E-state index < -0.39 is 0 Å². The van der Waals surface area contributed by atoms with Crippen molar-refractivity contribution in [3.05, 3.63) is 47.2 Å². The number of benzene rings is 2. The molecule has 0 saturated heterocycles. The maximum absolute atomic E-state index is 13.1. The molecule has 0 aliphatic heterocycles. The molecular weight excluding hydrogens is 253 g/mol. The third kappa shape index (κ3) is 1.71. The molecule has 1 aromatic heterocycles. The second kappa shape index (κ2) is 3.99. The van der Waals surface area contributed by atoms with Gasteiger partial charge in [-0.1, -0.05) is 17.7 Å². The zero-order valence-electron chi connectivity index (χ0n) is 9.24. The lowest BCUT2D eigenvalue weighted by Crippen LogP contribution is -1.91. The van der Waals surface area contributed by atoms with Gasteiger partial charge in [0.2, 0.25) is 0 Å². The molecule has 2 aromatic carbocycles. The summed E-state index contributed by atoms with van der Waals surface area (Å²) >= 11 is 6.11. The van der Waals surface area contributed by atoms with E-state index in [0.717, 1.165) is 0 Å². The number of hydrogen-bond donors (Lipinski definition) is 2. The Morgan fingerprint density at radius 3 is 2.83 bits per heavy atom. The number of nitrogen functional groups attached to an aromatic ring is 1. The van der Waals surface area contributed by atoms with Crippen LogP contribution in [-0.4, -0.2) is 9.97 Å². The predicted molar refractivity (Wildman–Crippen MR) is 70.9 cm³/mol. The van der Waals surface area contributed by atoms with Gasteiger partial charge in [-0.15, -0.1) is 0 Å². The zero-order valence-corrected chi connectivity index (χ0v) is 10.0. The summed E-state index contributed by atoms with van der Waals surface area (Å²) in [5, 5.41) is 0.509. The summed E-state index contributed by atoms with van der Waals surface area (Å²) in [7, 11) is 0. The van der Waals surface area contributed by atoms with Crippen molar-refractivity contribution in [1.82, 2.24) is 9.97 Å². The zero-order chi connectivity index (χ0) is 12.7. The number of nitrogens with one attached hydrogen (secondary N) is 1. The summed E-state index contributed by atoms with van der Waals surface area (Å²) in [4.78, 5) is 7.38. The molecule has 0 spiro atoms. The highest BCUT2D eigenvalue weighted by Gasteiger charge is 2.12. The summed E-state index contributed by atoms with van der Waals surface area (Å²) in [6, 6.07) is 9.61. The molecule has 3 nitrogen and oxygen atoms in total. The monoisotopic (exact) mass is 261 g/mol. The van der Waals surface area contributed by atoms with Crippen molar-refractivity contribution in [2.24, 2.45) is 0 Å². The number of halogens is 2. The fourth-order valence-electron chi connectivity index (χ4n) is 1.89. The van der Waals surface area contributed by atoms with Crippen LogP contribution in [0.5, 0.6) is 0 Å². The highest BCUT2D eigenvalue weighted by atomic mass is 35.5. The van der Waals surface area contributed by atoms with Crippen LogP contribution < -0.4 is 5.73 Å². The van der Waals surface area contributed by atoms with Crippen molar-refractivity contribution >= 4 is 28.3 Å². The second-order valence-electron chi connectivity index (χ2n) is 3.95. The van der Waals surface area contributed by atoms with Crippen molar-refractivity contribution < 1.29 is 4.39 Å². The maximum Gasteiger partial charge on any atom is 0.142 e. The van der Waals surface area contributed by atoms with Gasteiger partial charge in [-0.25, -0.2) is 9.37 Å². The van der Waals surface area contributed by atoms with E-state index in [0.29, 0.717) is 33.1 Å². The Balaban J connectivity index is 2.26. The fraction of sp³-hybridized carbons (Fsp3) is 0. The molecule has 3 rings (SSSR count). The number of aromatic nitrogens is 2. The molecule has 3 aromatic rings. The smallest absolute Gasteiger partial charge is 0.142 e. The molecule has 18 heavy (non-hydrogen) atoms. The fourth-order valence-corrected chi connectivity index (χ4v) is 2.16. The van der Waals surface area contributed by atoms with Crippen LogP contribution in [0.3, 0.4) is 0 Å². The van der Waals surface area contributed by atoms with Crippen LogP contribution in [0.1, 0.15) is 0 Å². The van der Waals surface area contributed by atoms with Gasteiger partial charge in [-0.3, -0.25) is 0 Å². The second-order valence-corrected chi connectivity index (χ2v) is 4.36. The Morgan fingerprint density at radius 1 is 1.22 bits per heavy atom. The minimum Gasteiger partial charge on any atom is -0.398 e. The number of aromatic amines is 1. The molecule has 5 heteroatoms. The van der Waals surface area contributed by atoms with E-state index in [9.17, 15) is 4.39 Å². The first-order valence-electron chi connectivity index (χ1n) is 5.35. The predicted octanol–water partition coefficient (Wildman–Crippen LogP) is 3.60. The average Bonchev–Trinajstić information content (AvgIpc) is 2.71. The van der Waals surface area contributed by atoms with Gasteiger partial charge in [0, 0.05) is 5.69 Å². The van der Waals surface area contributed by atoms with Gasteiger partial charge in [0.05, 0.1) is 21.6 Å². The molecule has 0 radical (unpaired) electrons. The van der Waals surface area contributed by atoms with Gasteiger partial charge in [0.1, 0.15) is 11.6 Å². The molecule has 3 N–H and O–H groups in total. The Morgan fingerprint density at radius 2 is 2.06 bits per heavy atom. The van der Waals surface area contributed by atoms with E-state index in [2.05, 4.69) is 9.97 Å². The first-order valence-corrected chi connectivity index (χ1v) is 5.72. The Hall–Kier alpha value is -2.07. The van der Waals surface area contributed by atoms with E-state index in [4.69, 9.17) is 17.3 Å². The molecular formula is C13H9ClFN3. The number of rotatable bonds is 1. The molecule has 0 aliphatic rings. The summed E-state index contributed by atoms with van der Waals surface area (Å²) in [5.74, 6) is 0.225. The van der Waals surface area contributed by atoms with Gasteiger partial charge in [0.25, 0.3) is 0 Å².